The molecular weight excluding hydrogens is 346 g/mol. The summed E-state index contributed by atoms with van der Waals surface area (Å²) in [6.07, 6.45) is 4.52. The van der Waals surface area contributed by atoms with E-state index < -0.39 is 10.0 Å². The minimum atomic E-state index is -3.66. The van der Waals surface area contributed by atoms with Gasteiger partial charge in [0.15, 0.2) is 5.13 Å². The summed E-state index contributed by atoms with van der Waals surface area (Å²) < 4.78 is 26.6. The third-order valence-electron chi connectivity index (χ3n) is 3.64. The van der Waals surface area contributed by atoms with Gasteiger partial charge >= 0.3 is 0 Å². The molecule has 126 valence electrons. The Morgan fingerprint density at radius 1 is 1.38 bits per heavy atom. The van der Waals surface area contributed by atoms with E-state index in [0.717, 1.165) is 25.0 Å². The lowest BCUT2D eigenvalue weighted by molar-refractivity contribution is 0.102. The first-order valence-electron chi connectivity index (χ1n) is 7.50. The van der Waals surface area contributed by atoms with E-state index in [1.54, 1.807) is 12.1 Å². The van der Waals surface area contributed by atoms with E-state index in [4.69, 9.17) is 0 Å². The second-order valence-electron chi connectivity index (χ2n) is 5.36. The van der Waals surface area contributed by atoms with Gasteiger partial charge in [-0.25, -0.2) is 18.1 Å². The highest BCUT2D eigenvalue weighted by molar-refractivity contribution is 7.89. The number of fused-ring (bicyclic) bond motifs is 1. The minimum Gasteiger partial charge on any atom is -0.298 e. The predicted molar refractivity (Wildman–Crippen MR) is 93.9 cm³/mol. The Balaban J connectivity index is 1.77. The van der Waals surface area contributed by atoms with Gasteiger partial charge in [0.25, 0.3) is 5.91 Å². The molecule has 0 bridgehead atoms. The lowest BCUT2D eigenvalue weighted by Gasteiger charge is -2.07. The molecule has 8 heteroatoms. The van der Waals surface area contributed by atoms with Crippen LogP contribution in [0.1, 0.15) is 27.3 Å². The van der Waals surface area contributed by atoms with Gasteiger partial charge in [-0.05, 0) is 37.5 Å². The van der Waals surface area contributed by atoms with Crippen LogP contribution in [-0.2, 0) is 22.9 Å². The first kappa shape index (κ1) is 16.8. The molecule has 24 heavy (non-hydrogen) atoms. The zero-order valence-electron chi connectivity index (χ0n) is 12.9. The van der Waals surface area contributed by atoms with Gasteiger partial charge in [-0.2, -0.15) is 0 Å². The molecule has 0 atom stereocenters. The number of nitrogens with zero attached hydrogens (tertiary/aromatic N) is 1. The van der Waals surface area contributed by atoms with Gasteiger partial charge in [-0.1, -0.05) is 12.1 Å². The normalized spacial score (nSPS) is 13.5. The summed E-state index contributed by atoms with van der Waals surface area (Å²) in [5, 5.41) is 3.30. The fourth-order valence-corrected chi connectivity index (χ4v) is 4.56. The number of sulfonamides is 1. The molecular formula is C16H17N3O3S2. The maximum atomic E-state index is 12.4. The lowest BCUT2D eigenvalue weighted by atomic mass is 10.2. The number of aromatic nitrogens is 1. The molecule has 2 N–H and O–H groups in total. The molecule has 0 saturated carbocycles. The molecule has 1 aromatic carbocycles. The molecule has 2 aromatic rings. The van der Waals surface area contributed by atoms with Crippen molar-refractivity contribution in [3.8, 4) is 0 Å². The van der Waals surface area contributed by atoms with Gasteiger partial charge in [-0.3, -0.25) is 10.1 Å². The van der Waals surface area contributed by atoms with Crippen molar-refractivity contribution >= 4 is 32.4 Å². The number of hydrogen-bond donors (Lipinski definition) is 2. The largest absolute Gasteiger partial charge is 0.298 e. The zero-order valence-corrected chi connectivity index (χ0v) is 14.5. The molecule has 0 saturated heterocycles. The van der Waals surface area contributed by atoms with Crippen LogP contribution in [-0.4, -0.2) is 25.9 Å². The van der Waals surface area contributed by atoms with Crippen LogP contribution in [0.2, 0.25) is 0 Å². The Hall–Kier alpha value is -2.03. The van der Waals surface area contributed by atoms with Gasteiger partial charge in [0.1, 0.15) is 0 Å². The molecule has 0 fully saturated rings. The summed E-state index contributed by atoms with van der Waals surface area (Å²) in [6.45, 7) is 3.60. The predicted octanol–water partition coefficient (Wildman–Crippen LogP) is 2.35. The Morgan fingerprint density at radius 2 is 2.21 bits per heavy atom. The second kappa shape index (κ2) is 6.84. The van der Waals surface area contributed by atoms with E-state index in [1.165, 1.54) is 34.4 Å². The minimum absolute atomic E-state index is 0.0404. The molecule has 0 aliphatic heterocycles. The number of amides is 1. The summed E-state index contributed by atoms with van der Waals surface area (Å²) in [7, 11) is -3.66. The average molecular weight is 363 g/mol. The van der Waals surface area contributed by atoms with Crippen LogP contribution in [0.4, 0.5) is 5.13 Å². The Kier molecular flexibility index (Phi) is 4.79. The van der Waals surface area contributed by atoms with Crippen molar-refractivity contribution in [1.29, 1.82) is 0 Å². The maximum Gasteiger partial charge on any atom is 0.257 e. The second-order valence-corrected chi connectivity index (χ2v) is 8.22. The van der Waals surface area contributed by atoms with Crippen molar-refractivity contribution in [2.24, 2.45) is 0 Å². The van der Waals surface area contributed by atoms with Gasteiger partial charge in [-0.15, -0.1) is 17.9 Å². The SMILES string of the molecule is C=CCNS(=O)(=O)c1cccc(C(=O)Nc2nc3c(s2)CCC3)c1. The Morgan fingerprint density at radius 3 is 2.96 bits per heavy atom. The number of rotatable bonds is 6. The van der Waals surface area contributed by atoms with Crippen LogP contribution < -0.4 is 10.0 Å². The van der Waals surface area contributed by atoms with Crippen LogP contribution in [0.3, 0.4) is 0 Å². The van der Waals surface area contributed by atoms with E-state index in [9.17, 15) is 13.2 Å². The van der Waals surface area contributed by atoms with Crippen molar-refractivity contribution in [1.82, 2.24) is 9.71 Å². The summed E-state index contributed by atoms with van der Waals surface area (Å²) in [5.74, 6) is -0.372. The highest BCUT2D eigenvalue weighted by Crippen LogP contribution is 2.30. The van der Waals surface area contributed by atoms with E-state index in [2.05, 4.69) is 21.6 Å². The third kappa shape index (κ3) is 3.55. The molecule has 0 spiro atoms. The number of anilines is 1. The number of carbonyl (C=O) groups excluding carboxylic acids is 1. The smallest absolute Gasteiger partial charge is 0.257 e. The molecule has 1 heterocycles. The first-order chi connectivity index (χ1) is 11.5. The van der Waals surface area contributed by atoms with Crippen LogP contribution in [0, 0.1) is 0 Å². The number of aryl methyl sites for hydroxylation is 2. The monoisotopic (exact) mass is 363 g/mol. The molecule has 1 aromatic heterocycles. The zero-order chi connectivity index (χ0) is 17.2. The standard InChI is InChI=1S/C16H17N3O3S2/c1-2-9-17-24(21,22)12-6-3-5-11(10-12)15(20)19-16-18-13-7-4-8-14(13)23-16/h2-3,5-6,10,17H,1,4,7-9H2,(H,18,19,20). The molecule has 3 rings (SSSR count). The lowest BCUT2D eigenvalue weighted by Crippen LogP contribution is -2.24. The number of thiazole rings is 1. The number of nitrogens with one attached hydrogen (secondary N) is 2. The first-order valence-corrected chi connectivity index (χ1v) is 9.80. The molecule has 1 amide bonds. The number of carbonyl (C=O) groups is 1. The fraction of sp³-hybridized carbons (Fsp3) is 0.250. The summed E-state index contributed by atoms with van der Waals surface area (Å²) >= 11 is 1.48. The quantitative estimate of drug-likeness (QED) is 0.771. The van der Waals surface area contributed by atoms with Crippen molar-refractivity contribution in [3.05, 3.63) is 53.1 Å². The summed E-state index contributed by atoms with van der Waals surface area (Å²) in [5.41, 5.74) is 1.33. The van der Waals surface area contributed by atoms with Crippen LogP contribution in [0.15, 0.2) is 41.8 Å². The van der Waals surface area contributed by atoms with Gasteiger partial charge in [0.2, 0.25) is 10.0 Å². The number of hydrogen-bond acceptors (Lipinski definition) is 5. The van der Waals surface area contributed by atoms with Crippen LogP contribution in [0.25, 0.3) is 0 Å². The third-order valence-corrected chi connectivity index (χ3v) is 6.13. The molecule has 1 aliphatic carbocycles. The molecule has 0 unspecified atom stereocenters. The van der Waals surface area contributed by atoms with E-state index >= 15 is 0 Å². The molecule has 6 nitrogen and oxygen atoms in total. The molecule has 1 aliphatic rings. The maximum absolute atomic E-state index is 12.4. The van der Waals surface area contributed by atoms with Crippen LogP contribution in [0.5, 0.6) is 0 Å². The van der Waals surface area contributed by atoms with E-state index in [-0.39, 0.29) is 22.9 Å². The highest BCUT2D eigenvalue weighted by atomic mass is 32.2. The van der Waals surface area contributed by atoms with Gasteiger partial charge < -0.3 is 0 Å². The Labute approximate surface area is 144 Å². The topological polar surface area (TPSA) is 88.2 Å². The van der Waals surface area contributed by atoms with Crippen LogP contribution >= 0.6 is 11.3 Å². The molecule has 0 radical (unpaired) electrons. The van der Waals surface area contributed by atoms with E-state index in [1.807, 2.05) is 0 Å². The van der Waals surface area contributed by atoms with Gasteiger partial charge in [0.05, 0.1) is 10.6 Å². The average Bonchev–Trinajstić information content (AvgIpc) is 3.14. The number of benzene rings is 1. The Bertz CT molecular complexity index is 866. The van der Waals surface area contributed by atoms with Gasteiger partial charge in [0, 0.05) is 17.0 Å². The van der Waals surface area contributed by atoms with Crippen molar-refractivity contribution in [2.45, 2.75) is 24.2 Å². The van der Waals surface area contributed by atoms with Crippen molar-refractivity contribution in [2.75, 3.05) is 11.9 Å². The van der Waals surface area contributed by atoms with E-state index in [0.29, 0.717) is 5.13 Å². The highest BCUT2D eigenvalue weighted by Gasteiger charge is 2.19. The fourth-order valence-electron chi connectivity index (χ4n) is 2.47. The summed E-state index contributed by atoms with van der Waals surface area (Å²) in [6, 6.07) is 5.91. The van der Waals surface area contributed by atoms with Crippen molar-refractivity contribution < 1.29 is 13.2 Å². The van der Waals surface area contributed by atoms with Crippen molar-refractivity contribution in [3.63, 3.8) is 0 Å². The summed E-state index contributed by atoms with van der Waals surface area (Å²) in [4.78, 5) is 18.0.